The molecule has 16 heavy (non-hydrogen) atoms. The van der Waals surface area contributed by atoms with Gasteiger partial charge in [-0.15, -0.1) is 12.4 Å². The predicted molar refractivity (Wildman–Crippen MR) is 61.8 cm³/mol. The standard InChI is InChI=1S/C11H14F2N2.ClH/c12-10-1-2-11(13)9(7-10)8-15-5-3-14-4-6-15;/h1-2,7,14H,3-6,8H2;1H. The summed E-state index contributed by atoms with van der Waals surface area (Å²) in [7, 11) is 0. The topological polar surface area (TPSA) is 15.3 Å². The minimum absolute atomic E-state index is 0. The monoisotopic (exact) mass is 248 g/mol. The van der Waals surface area contributed by atoms with Gasteiger partial charge in [-0.25, -0.2) is 8.78 Å². The molecule has 0 aliphatic carbocycles. The number of nitrogens with one attached hydrogen (secondary N) is 1. The highest BCUT2D eigenvalue weighted by molar-refractivity contribution is 5.85. The molecule has 1 saturated heterocycles. The molecule has 0 bridgehead atoms. The zero-order chi connectivity index (χ0) is 10.7. The molecule has 0 unspecified atom stereocenters. The summed E-state index contributed by atoms with van der Waals surface area (Å²) in [5, 5.41) is 3.22. The molecule has 0 aromatic heterocycles. The first-order valence-corrected chi connectivity index (χ1v) is 5.13. The summed E-state index contributed by atoms with van der Waals surface area (Å²) in [4.78, 5) is 2.12. The van der Waals surface area contributed by atoms with Crippen LogP contribution in [0.2, 0.25) is 0 Å². The average molecular weight is 249 g/mol. The molecule has 1 heterocycles. The van der Waals surface area contributed by atoms with E-state index in [2.05, 4.69) is 10.2 Å². The number of benzene rings is 1. The van der Waals surface area contributed by atoms with Crippen molar-refractivity contribution in [2.75, 3.05) is 26.2 Å². The van der Waals surface area contributed by atoms with E-state index in [4.69, 9.17) is 0 Å². The molecule has 1 aromatic rings. The van der Waals surface area contributed by atoms with Gasteiger partial charge in [0.1, 0.15) is 11.6 Å². The maximum atomic E-state index is 13.3. The van der Waals surface area contributed by atoms with Crippen LogP contribution in [0.4, 0.5) is 8.78 Å². The maximum Gasteiger partial charge on any atom is 0.127 e. The first-order chi connectivity index (χ1) is 7.25. The molecular weight excluding hydrogens is 234 g/mol. The Labute approximate surface area is 100 Å². The normalized spacial score (nSPS) is 16.9. The van der Waals surface area contributed by atoms with Crippen LogP contribution in [0.3, 0.4) is 0 Å². The van der Waals surface area contributed by atoms with Gasteiger partial charge in [-0.3, -0.25) is 4.90 Å². The summed E-state index contributed by atoms with van der Waals surface area (Å²) in [6, 6.07) is 3.61. The van der Waals surface area contributed by atoms with Crippen molar-refractivity contribution in [1.29, 1.82) is 0 Å². The van der Waals surface area contributed by atoms with Crippen molar-refractivity contribution in [2.24, 2.45) is 0 Å². The fraction of sp³-hybridized carbons (Fsp3) is 0.455. The van der Waals surface area contributed by atoms with Gasteiger partial charge in [-0.05, 0) is 18.2 Å². The minimum Gasteiger partial charge on any atom is -0.314 e. The van der Waals surface area contributed by atoms with Gasteiger partial charge in [0.25, 0.3) is 0 Å². The van der Waals surface area contributed by atoms with Crippen LogP contribution in [-0.4, -0.2) is 31.1 Å². The second kappa shape index (κ2) is 6.13. The van der Waals surface area contributed by atoms with E-state index in [1.165, 1.54) is 12.1 Å². The lowest BCUT2D eigenvalue weighted by Crippen LogP contribution is -2.43. The van der Waals surface area contributed by atoms with E-state index in [9.17, 15) is 8.78 Å². The summed E-state index contributed by atoms with van der Waals surface area (Å²) < 4.78 is 26.2. The molecule has 1 aliphatic heterocycles. The Kier molecular flexibility index (Phi) is 5.12. The van der Waals surface area contributed by atoms with Crippen molar-refractivity contribution in [1.82, 2.24) is 10.2 Å². The Morgan fingerprint density at radius 1 is 1.19 bits per heavy atom. The van der Waals surface area contributed by atoms with Crippen LogP contribution in [0, 0.1) is 11.6 Å². The molecule has 2 nitrogen and oxygen atoms in total. The molecule has 1 aromatic carbocycles. The van der Waals surface area contributed by atoms with Crippen LogP contribution in [0.15, 0.2) is 18.2 Å². The molecule has 1 fully saturated rings. The fourth-order valence-corrected chi connectivity index (χ4v) is 1.77. The van der Waals surface area contributed by atoms with Crippen molar-refractivity contribution in [2.45, 2.75) is 6.54 Å². The predicted octanol–water partition coefficient (Wildman–Crippen LogP) is 1.79. The van der Waals surface area contributed by atoms with Crippen LogP contribution < -0.4 is 5.32 Å². The van der Waals surface area contributed by atoms with E-state index in [0.29, 0.717) is 12.1 Å². The summed E-state index contributed by atoms with van der Waals surface area (Å²) >= 11 is 0. The maximum absolute atomic E-state index is 13.3. The van der Waals surface area contributed by atoms with Crippen molar-refractivity contribution in [3.63, 3.8) is 0 Å². The van der Waals surface area contributed by atoms with Crippen LogP contribution in [0.1, 0.15) is 5.56 Å². The van der Waals surface area contributed by atoms with Gasteiger partial charge in [0.15, 0.2) is 0 Å². The van der Waals surface area contributed by atoms with E-state index >= 15 is 0 Å². The lowest BCUT2D eigenvalue weighted by molar-refractivity contribution is 0.230. The SMILES string of the molecule is Cl.Fc1ccc(F)c(CN2CCNCC2)c1. The van der Waals surface area contributed by atoms with Crippen LogP contribution in [0.5, 0.6) is 0 Å². The first kappa shape index (κ1) is 13.4. The molecule has 90 valence electrons. The first-order valence-electron chi connectivity index (χ1n) is 5.13. The Hall–Kier alpha value is -0.710. The Morgan fingerprint density at radius 2 is 1.88 bits per heavy atom. The van der Waals surface area contributed by atoms with E-state index in [0.717, 1.165) is 32.2 Å². The van der Waals surface area contributed by atoms with Crippen molar-refractivity contribution >= 4 is 12.4 Å². The third kappa shape index (κ3) is 3.40. The second-order valence-corrected chi connectivity index (χ2v) is 3.76. The van der Waals surface area contributed by atoms with Gasteiger partial charge in [0, 0.05) is 38.3 Å². The van der Waals surface area contributed by atoms with Gasteiger partial charge < -0.3 is 5.32 Å². The lowest BCUT2D eigenvalue weighted by Gasteiger charge is -2.27. The molecule has 5 heteroatoms. The summed E-state index contributed by atoms with van der Waals surface area (Å²) in [6.45, 7) is 4.09. The molecule has 0 saturated carbocycles. The number of nitrogens with zero attached hydrogens (tertiary/aromatic N) is 1. The fourth-order valence-electron chi connectivity index (χ4n) is 1.77. The molecule has 1 aliphatic rings. The second-order valence-electron chi connectivity index (χ2n) is 3.76. The highest BCUT2D eigenvalue weighted by atomic mass is 35.5. The van der Waals surface area contributed by atoms with Gasteiger partial charge in [-0.2, -0.15) is 0 Å². The smallest absolute Gasteiger partial charge is 0.127 e. The molecule has 2 rings (SSSR count). The summed E-state index contributed by atoms with van der Waals surface area (Å²) in [5.74, 6) is -0.698. The number of piperazine rings is 1. The molecular formula is C11H15ClF2N2. The molecule has 0 spiro atoms. The number of halogens is 3. The van der Waals surface area contributed by atoms with Gasteiger partial charge in [0.2, 0.25) is 0 Å². The largest absolute Gasteiger partial charge is 0.314 e. The van der Waals surface area contributed by atoms with Crippen molar-refractivity contribution in [3.05, 3.63) is 35.4 Å². The van der Waals surface area contributed by atoms with E-state index < -0.39 is 0 Å². The highest BCUT2D eigenvalue weighted by Crippen LogP contribution is 2.12. The Morgan fingerprint density at radius 3 is 2.56 bits per heavy atom. The number of rotatable bonds is 2. The van der Waals surface area contributed by atoms with E-state index in [1.54, 1.807) is 0 Å². The Bertz CT molecular complexity index is 341. The third-order valence-corrected chi connectivity index (χ3v) is 2.61. The van der Waals surface area contributed by atoms with E-state index in [-0.39, 0.29) is 24.0 Å². The number of hydrogen-bond donors (Lipinski definition) is 1. The van der Waals surface area contributed by atoms with Crippen LogP contribution in [-0.2, 0) is 6.54 Å². The summed E-state index contributed by atoms with van der Waals surface area (Å²) in [5.41, 5.74) is 0.442. The van der Waals surface area contributed by atoms with Crippen molar-refractivity contribution < 1.29 is 8.78 Å². The Balaban J connectivity index is 0.00000128. The van der Waals surface area contributed by atoms with Crippen molar-refractivity contribution in [3.8, 4) is 0 Å². The van der Waals surface area contributed by atoms with Crippen LogP contribution >= 0.6 is 12.4 Å². The van der Waals surface area contributed by atoms with Crippen LogP contribution in [0.25, 0.3) is 0 Å². The summed E-state index contributed by atoms with van der Waals surface area (Å²) in [6.07, 6.45) is 0. The van der Waals surface area contributed by atoms with Gasteiger partial charge >= 0.3 is 0 Å². The molecule has 0 atom stereocenters. The quantitative estimate of drug-likeness (QED) is 0.859. The minimum atomic E-state index is -0.374. The third-order valence-electron chi connectivity index (χ3n) is 2.61. The average Bonchev–Trinajstić information content (AvgIpc) is 2.25. The van der Waals surface area contributed by atoms with E-state index in [1.807, 2.05) is 0 Å². The van der Waals surface area contributed by atoms with Gasteiger partial charge in [0.05, 0.1) is 0 Å². The highest BCUT2D eigenvalue weighted by Gasteiger charge is 2.12. The number of hydrogen-bond acceptors (Lipinski definition) is 2. The van der Waals surface area contributed by atoms with Gasteiger partial charge in [-0.1, -0.05) is 0 Å². The lowest BCUT2D eigenvalue weighted by atomic mass is 10.2. The molecule has 1 N–H and O–H groups in total. The molecule has 0 amide bonds. The molecule has 0 radical (unpaired) electrons. The zero-order valence-electron chi connectivity index (χ0n) is 8.88. The zero-order valence-corrected chi connectivity index (χ0v) is 9.70.